The maximum atomic E-state index is 12.5. The number of carbonyl (C=O) groups is 1. The van der Waals surface area contributed by atoms with Crippen molar-refractivity contribution in [1.29, 1.82) is 0 Å². The van der Waals surface area contributed by atoms with Crippen LogP contribution in [0.4, 0.5) is 0 Å². The third-order valence-electron chi connectivity index (χ3n) is 5.19. The van der Waals surface area contributed by atoms with Crippen molar-refractivity contribution in [2.24, 2.45) is 0 Å². The van der Waals surface area contributed by atoms with Crippen LogP contribution in [0.15, 0.2) is 42.0 Å². The normalized spacial score (nSPS) is 17.9. The molecule has 1 aromatic carbocycles. The lowest BCUT2D eigenvalue weighted by Crippen LogP contribution is -2.51. The highest BCUT2D eigenvalue weighted by atomic mass is 32.1. The highest BCUT2D eigenvalue weighted by Crippen LogP contribution is 2.38. The van der Waals surface area contributed by atoms with E-state index in [-0.39, 0.29) is 11.5 Å². The van der Waals surface area contributed by atoms with Gasteiger partial charge >= 0.3 is 0 Å². The number of nitrogens with zero attached hydrogens (tertiary/aromatic N) is 5. The maximum absolute atomic E-state index is 12.5. The molecule has 0 unspecified atom stereocenters. The first-order chi connectivity index (χ1) is 12.7. The Hall–Kier alpha value is -2.74. The van der Waals surface area contributed by atoms with Crippen molar-refractivity contribution in [2.75, 3.05) is 13.1 Å². The zero-order valence-corrected chi connectivity index (χ0v) is 14.9. The quantitative estimate of drug-likeness (QED) is 0.660. The molecule has 0 bridgehead atoms. The number of carbonyl (C=O) groups excluding carboxylic acids is 1. The summed E-state index contributed by atoms with van der Waals surface area (Å²) in [6.07, 6.45) is 6.06. The number of fused-ring (bicyclic) bond motifs is 3. The highest BCUT2D eigenvalue weighted by Gasteiger charge is 2.41. The molecule has 1 amide bonds. The fourth-order valence-electron chi connectivity index (χ4n) is 3.80. The van der Waals surface area contributed by atoms with E-state index < -0.39 is 0 Å². The van der Waals surface area contributed by atoms with Crippen molar-refractivity contribution < 1.29 is 9.53 Å². The molecule has 2 aliphatic rings. The molecule has 4 heterocycles. The van der Waals surface area contributed by atoms with Crippen LogP contribution in [0.2, 0.25) is 0 Å². The number of benzene rings is 1. The molecule has 0 atom stereocenters. The number of amides is 1. The number of hydrogen-bond donors (Lipinski definition) is 0. The molecule has 26 heavy (non-hydrogen) atoms. The number of likely N-dealkylation sites (tertiary alicyclic amines) is 1. The van der Waals surface area contributed by atoms with Crippen LogP contribution in [0, 0.1) is 0 Å². The molecule has 0 aliphatic carbocycles. The van der Waals surface area contributed by atoms with Crippen molar-refractivity contribution in [3.05, 3.63) is 53.6 Å². The van der Waals surface area contributed by atoms with Crippen LogP contribution in [0.5, 0.6) is 5.75 Å². The monoisotopic (exact) mass is 367 g/mol. The Morgan fingerprint density at radius 3 is 2.88 bits per heavy atom. The minimum absolute atomic E-state index is 0.0517. The minimum atomic E-state index is -0.340. The van der Waals surface area contributed by atoms with Crippen molar-refractivity contribution in [3.8, 4) is 11.4 Å². The first-order valence-electron chi connectivity index (χ1n) is 8.61. The van der Waals surface area contributed by atoms with Crippen LogP contribution in [-0.4, -0.2) is 48.6 Å². The van der Waals surface area contributed by atoms with Gasteiger partial charge in [-0.15, -0.1) is 5.10 Å². The zero-order valence-electron chi connectivity index (χ0n) is 14.0. The van der Waals surface area contributed by atoms with Crippen LogP contribution in [0.1, 0.15) is 29.2 Å². The van der Waals surface area contributed by atoms with Gasteiger partial charge in [0.25, 0.3) is 5.91 Å². The van der Waals surface area contributed by atoms with Crippen LogP contribution in [-0.2, 0) is 6.42 Å². The van der Waals surface area contributed by atoms with Gasteiger partial charge in [0.2, 0.25) is 0 Å². The molecule has 1 spiro atoms. The van der Waals surface area contributed by atoms with Crippen molar-refractivity contribution in [1.82, 2.24) is 24.0 Å². The topological polar surface area (TPSA) is 73.1 Å². The fourth-order valence-corrected chi connectivity index (χ4v) is 4.23. The molecule has 0 radical (unpaired) electrons. The van der Waals surface area contributed by atoms with Gasteiger partial charge in [0.15, 0.2) is 5.69 Å². The third-order valence-corrected chi connectivity index (χ3v) is 5.69. The van der Waals surface area contributed by atoms with Crippen molar-refractivity contribution in [3.63, 3.8) is 0 Å². The number of hydrogen-bond acceptors (Lipinski definition) is 6. The van der Waals surface area contributed by atoms with Gasteiger partial charge in [0.1, 0.15) is 17.2 Å². The lowest BCUT2D eigenvalue weighted by atomic mass is 9.87. The van der Waals surface area contributed by atoms with E-state index in [1.54, 1.807) is 5.38 Å². The van der Waals surface area contributed by atoms with E-state index in [1.165, 1.54) is 11.5 Å². The molecule has 0 N–H and O–H groups in total. The van der Waals surface area contributed by atoms with Gasteiger partial charge in [-0.3, -0.25) is 4.79 Å². The van der Waals surface area contributed by atoms with E-state index in [0.29, 0.717) is 18.8 Å². The molecule has 2 aromatic heterocycles. The SMILES string of the molecule is O=C(c1csnn1)N1CCC2(CC1)Cc1nccn1-c1ccccc1O2. The average molecular weight is 367 g/mol. The van der Waals surface area contributed by atoms with E-state index in [0.717, 1.165) is 36.5 Å². The molecule has 1 fully saturated rings. The second-order valence-corrected chi connectivity index (χ2v) is 7.34. The van der Waals surface area contributed by atoms with Gasteiger partial charge in [-0.25, -0.2) is 4.98 Å². The maximum Gasteiger partial charge on any atom is 0.275 e. The standard InChI is InChI=1S/C18H17N5O2S/c24-17(13-12-26-21-20-13)22-8-5-18(6-9-22)11-16-19-7-10-23(16)14-3-1-2-4-15(14)25-18/h1-4,7,10,12H,5-6,8-9,11H2. The lowest BCUT2D eigenvalue weighted by molar-refractivity contribution is 0.00465. The Morgan fingerprint density at radius 2 is 2.08 bits per heavy atom. The Bertz CT molecular complexity index is 944. The summed E-state index contributed by atoms with van der Waals surface area (Å²) in [6.45, 7) is 1.28. The highest BCUT2D eigenvalue weighted by molar-refractivity contribution is 7.03. The van der Waals surface area contributed by atoms with Crippen LogP contribution < -0.4 is 4.74 Å². The fraction of sp³-hybridized carbons (Fsp3) is 0.333. The van der Waals surface area contributed by atoms with E-state index in [2.05, 4.69) is 19.1 Å². The molecule has 5 rings (SSSR count). The largest absolute Gasteiger partial charge is 0.484 e. The van der Waals surface area contributed by atoms with E-state index in [1.807, 2.05) is 41.6 Å². The molecule has 1 saturated heterocycles. The Kier molecular flexibility index (Phi) is 3.53. The summed E-state index contributed by atoms with van der Waals surface area (Å²) >= 11 is 1.20. The van der Waals surface area contributed by atoms with E-state index >= 15 is 0 Å². The predicted molar refractivity (Wildman–Crippen MR) is 95.7 cm³/mol. The summed E-state index contributed by atoms with van der Waals surface area (Å²) < 4.78 is 12.4. The average Bonchev–Trinajstić information content (AvgIpc) is 3.33. The number of imidazole rings is 1. The Labute approximate surface area is 154 Å². The van der Waals surface area contributed by atoms with Gasteiger partial charge in [0.05, 0.1) is 5.69 Å². The first kappa shape index (κ1) is 15.5. The molecular weight excluding hydrogens is 350 g/mol. The number of piperidine rings is 1. The number of ether oxygens (including phenoxy) is 1. The van der Waals surface area contributed by atoms with Gasteiger partial charge in [0, 0.05) is 50.1 Å². The summed E-state index contributed by atoms with van der Waals surface area (Å²) in [5.41, 5.74) is 1.10. The second-order valence-electron chi connectivity index (χ2n) is 6.73. The van der Waals surface area contributed by atoms with Gasteiger partial charge in [-0.1, -0.05) is 16.6 Å². The number of rotatable bonds is 1. The summed E-state index contributed by atoms with van der Waals surface area (Å²) in [5.74, 6) is 1.82. The summed E-state index contributed by atoms with van der Waals surface area (Å²) in [5, 5.41) is 5.59. The molecule has 7 nitrogen and oxygen atoms in total. The Balaban J connectivity index is 1.42. The first-order valence-corrected chi connectivity index (χ1v) is 9.45. The van der Waals surface area contributed by atoms with E-state index in [4.69, 9.17) is 4.74 Å². The second kappa shape index (κ2) is 5.91. The molecule has 3 aromatic rings. The van der Waals surface area contributed by atoms with Gasteiger partial charge in [-0.05, 0) is 23.7 Å². The van der Waals surface area contributed by atoms with Crippen LogP contribution in [0.3, 0.4) is 0 Å². The van der Waals surface area contributed by atoms with Crippen LogP contribution >= 0.6 is 11.5 Å². The summed E-state index contributed by atoms with van der Waals surface area (Å²) in [7, 11) is 0. The minimum Gasteiger partial charge on any atom is -0.484 e. The van der Waals surface area contributed by atoms with E-state index in [9.17, 15) is 4.79 Å². The smallest absolute Gasteiger partial charge is 0.275 e. The number of aromatic nitrogens is 4. The van der Waals surface area contributed by atoms with Crippen molar-refractivity contribution in [2.45, 2.75) is 24.9 Å². The number of para-hydroxylation sites is 2. The zero-order chi connectivity index (χ0) is 17.6. The lowest BCUT2D eigenvalue weighted by Gasteiger charge is -2.40. The molecule has 2 aliphatic heterocycles. The summed E-state index contributed by atoms with van der Waals surface area (Å²) in [4.78, 5) is 18.9. The van der Waals surface area contributed by atoms with Gasteiger partial charge in [-0.2, -0.15) is 0 Å². The van der Waals surface area contributed by atoms with Crippen LogP contribution in [0.25, 0.3) is 5.69 Å². The molecular formula is C18H17N5O2S. The van der Waals surface area contributed by atoms with Crippen molar-refractivity contribution >= 4 is 17.4 Å². The Morgan fingerprint density at radius 1 is 1.23 bits per heavy atom. The van der Waals surface area contributed by atoms with Gasteiger partial charge < -0.3 is 14.2 Å². The molecule has 132 valence electrons. The predicted octanol–water partition coefficient (Wildman–Crippen LogP) is 2.33. The third kappa shape index (κ3) is 2.48. The molecule has 0 saturated carbocycles. The molecule has 8 heteroatoms. The summed E-state index contributed by atoms with van der Waals surface area (Å²) in [6, 6.07) is 8.05.